The Morgan fingerprint density at radius 3 is 1.12 bits per heavy atom. The molecule has 0 aliphatic rings. The molecule has 0 radical (unpaired) electrons. The monoisotopic (exact) mass is 768 g/mol. The summed E-state index contributed by atoms with van der Waals surface area (Å²) in [5, 5.41) is 10.2. The molecule has 278 valence electrons. The van der Waals surface area contributed by atoms with Gasteiger partial charge < -0.3 is 17.9 Å². The average Bonchev–Trinajstić information content (AvgIpc) is 4.16. The maximum absolute atomic E-state index is 9.62. The van der Waals surface area contributed by atoms with Crippen molar-refractivity contribution in [3.8, 4) is 11.4 Å². The van der Waals surface area contributed by atoms with E-state index in [2.05, 4.69) is 103 Å². The van der Waals surface area contributed by atoms with Crippen LogP contribution in [0.25, 0.3) is 131 Å². The summed E-state index contributed by atoms with van der Waals surface area (Å²) in [6.07, 6.45) is 0. The van der Waals surface area contributed by atoms with Gasteiger partial charge in [-0.25, -0.2) is 0 Å². The van der Waals surface area contributed by atoms with Crippen LogP contribution in [0, 0.1) is 13.7 Å². The van der Waals surface area contributed by atoms with Crippen LogP contribution in [0.3, 0.4) is 0 Å². The van der Waals surface area contributed by atoms with Crippen LogP contribution in [-0.2, 0) is 0 Å². The molecule has 0 aliphatic heterocycles. The molecule has 0 saturated carbocycles. The molecule has 0 aliphatic carbocycles. The van der Waals surface area contributed by atoms with Gasteiger partial charge in [-0.15, -0.1) is 0 Å². The van der Waals surface area contributed by atoms with E-state index in [9.17, 15) is 8.22 Å². The van der Waals surface area contributed by atoms with Gasteiger partial charge in [0.2, 0.25) is 0 Å². The smallest absolute Gasteiger partial charge is 0.0642 e. The number of aryl methyl sites for hydroxylation is 2. The van der Waals surface area contributed by atoms with Gasteiger partial charge in [0.05, 0.1) is 55.2 Å². The van der Waals surface area contributed by atoms with Gasteiger partial charge in [-0.1, -0.05) is 121 Å². The van der Waals surface area contributed by atoms with Gasteiger partial charge in [0.1, 0.15) is 0 Å². The maximum atomic E-state index is 9.62. The fraction of sp³-hybridized carbons (Fsp3) is 0.0357. The zero-order valence-corrected chi connectivity index (χ0v) is 32.0. The van der Waals surface area contributed by atoms with Crippen molar-refractivity contribution in [3.05, 3.63) is 181 Å². The number of fused-ring (bicyclic) bond motifs is 20. The van der Waals surface area contributed by atoms with E-state index in [0.717, 1.165) is 98.6 Å². The summed E-state index contributed by atoms with van der Waals surface area (Å²) in [7, 11) is 0. The molecule has 6 aromatic heterocycles. The van der Waals surface area contributed by atoms with Gasteiger partial charge in [-0.2, -0.15) is 0 Å². The second-order valence-electron chi connectivity index (χ2n) is 16.4. The van der Waals surface area contributed by atoms with Crippen LogP contribution < -0.4 is 0 Å². The normalized spacial score (nSPS) is 14.7. The standard InChI is InChI=1S/C56H34N4/c1-31-47-41-23-13-21-35-38-28-30-46-50(40-20-10-12-26-44(40)58(46)34-17-7-4-8-18-34)56(38)60(53(35)41)52(47)32(2)48-42-24-14-22-36-37-27-29-45-49(55(37)59(51(31)48)54(36)42)39-19-9-11-25-43(39)57(45)33-15-5-3-6-16-33/h3-30H,1-2H3/i1D3,2D3. The SMILES string of the molecule is [2H]C([2H])([2H])c1c2c3cccc4c5ccc6c(c7ccccc7n6-c6ccccc6)c5n(c2c(C([2H])([2H])[2H])c2c5cccc6c7ccc8c(c9ccccc9n8-c8ccccc8)c7n(c12)c65)c43. The second kappa shape index (κ2) is 10.6. The molecule has 60 heavy (non-hydrogen) atoms. The first-order valence-corrected chi connectivity index (χ1v) is 20.5. The summed E-state index contributed by atoms with van der Waals surface area (Å²) >= 11 is 0. The Morgan fingerprint density at radius 2 is 0.667 bits per heavy atom. The highest BCUT2D eigenvalue weighted by Gasteiger charge is 2.29. The van der Waals surface area contributed by atoms with Crippen LogP contribution in [0.15, 0.2) is 170 Å². The second-order valence-corrected chi connectivity index (χ2v) is 16.4. The van der Waals surface area contributed by atoms with E-state index in [4.69, 9.17) is 0 Å². The highest BCUT2D eigenvalue weighted by molar-refractivity contribution is 6.36. The Bertz CT molecular complexity index is 4290. The van der Waals surface area contributed by atoms with Crippen molar-refractivity contribution >= 4 is 120 Å². The molecule has 4 nitrogen and oxygen atoms in total. The third kappa shape index (κ3) is 3.43. The van der Waals surface area contributed by atoms with Crippen LogP contribution in [0.4, 0.5) is 0 Å². The van der Waals surface area contributed by atoms with Gasteiger partial charge in [-0.3, -0.25) is 0 Å². The van der Waals surface area contributed by atoms with Gasteiger partial charge >= 0.3 is 0 Å². The van der Waals surface area contributed by atoms with E-state index >= 15 is 0 Å². The molecule has 0 saturated heterocycles. The molecule has 0 N–H and O–H groups in total. The Kier molecular flexibility index (Phi) is 4.64. The lowest BCUT2D eigenvalue weighted by atomic mass is 9.96. The van der Waals surface area contributed by atoms with Crippen molar-refractivity contribution in [2.75, 3.05) is 0 Å². The lowest BCUT2D eigenvalue weighted by molar-refractivity contribution is 1.18. The van der Waals surface area contributed by atoms with Crippen LogP contribution in [0.1, 0.15) is 19.4 Å². The molecule has 0 bridgehead atoms. The van der Waals surface area contributed by atoms with E-state index in [0.29, 0.717) is 32.6 Å². The Balaban J connectivity index is 1.24. The first-order valence-electron chi connectivity index (χ1n) is 23.5. The zero-order chi connectivity index (χ0) is 44.1. The third-order valence-corrected chi connectivity index (χ3v) is 13.6. The molecular formula is C56H34N4. The van der Waals surface area contributed by atoms with Crippen LogP contribution >= 0.6 is 0 Å². The van der Waals surface area contributed by atoms with Gasteiger partial charge in [0.15, 0.2) is 0 Å². The van der Waals surface area contributed by atoms with Crippen LogP contribution in [-0.4, -0.2) is 17.9 Å². The van der Waals surface area contributed by atoms with Crippen molar-refractivity contribution in [3.63, 3.8) is 0 Å². The van der Waals surface area contributed by atoms with Gasteiger partial charge in [-0.05, 0) is 73.4 Å². The summed E-state index contributed by atoms with van der Waals surface area (Å²) in [5.74, 6) is 0. The first-order chi connectivity index (χ1) is 32.1. The molecule has 6 heterocycles. The van der Waals surface area contributed by atoms with Crippen LogP contribution in [0.5, 0.6) is 0 Å². The highest BCUT2D eigenvalue weighted by atomic mass is 15.0. The predicted molar refractivity (Wildman–Crippen MR) is 254 cm³/mol. The molecule has 4 heteroatoms. The largest absolute Gasteiger partial charge is 0.309 e. The molecule has 9 aromatic carbocycles. The summed E-state index contributed by atoms with van der Waals surface area (Å²) < 4.78 is 66.5. The molecule has 0 spiro atoms. The number of aromatic nitrogens is 4. The lowest BCUT2D eigenvalue weighted by Gasteiger charge is -2.11. The third-order valence-electron chi connectivity index (χ3n) is 13.6. The van der Waals surface area contributed by atoms with Crippen molar-refractivity contribution in [1.82, 2.24) is 17.9 Å². The minimum absolute atomic E-state index is 0.155. The molecule has 0 unspecified atom stereocenters. The van der Waals surface area contributed by atoms with E-state index in [1.165, 1.54) is 0 Å². The van der Waals surface area contributed by atoms with E-state index < -0.39 is 13.7 Å². The number of rotatable bonds is 2. The minimum atomic E-state index is -2.67. The van der Waals surface area contributed by atoms with E-state index in [-0.39, 0.29) is 11.1 Å². The first kappa shape index (κ1) is 26.2. The fourth-order valence-corrected chi connectivity index (χ4v) is 11.5. The molecule has 0 fully saturated rings. The van der Waals surface area contributed by atoms with Gasteiger partial charge in [0.25, 0.3) is 0 Å². The number of hydrogen-bond acceptors (Lipinski definition) is 0. The quantitative estimate of drug-likeness (QED) is 0.167. The highest BCUT2D eigenvalue weighted by Crippen LogP contribution is 2.51. The summed E-state index contributed by atoms with van der Waals surface area (Å²) in [4.78, 5) is 0. The molecule has 15 rings (SSSR count). The summed E-state index contributed by atoms with van der Waals surface area (Å²) in [5.41, 5.74) is 10.5. The Morgan fingerprint density at radius 1 is 0.283 bits per heavy atom. The number of hydrogen-bond donors (Lipinski definition) is 0. The number of nitrogens with zero attached hydrogens (tertiary/aromatic N) is 4. The maximum Gasteiger partial charge on any atom is 0.0642 e. The molecule has 0 atom stereocenters. The Labute approximate surface area is 351 Å². The average molecular weight is 769 g/mol. The molecule has 0 amide bonds. The minimum Gasteiger partial charge on any atom is -0.309 e. The summed E-state index contributed by atoms with van der Waals surface area (Å²) in [6, 6.07) is 58.0. The van der Waals surface area contributed by atoms with Crippen LogP contribution in [0.2, 0.25) is 0 Å². The van der Waals surface area contributed by atoms with E-state index in [1.54, 1.807) is 0 Å². The Hall–Kier alpha value is -7.82. The van der Waals surface area contributed by atoms with E-state index in [1.807, 2.05) is 84.9 Å². The topological polar surface area (TPSA) is 18.7 Å². The van der Waals surface area contributed by atoms with Crippen molar-refractivity contribution in [2.45, 2.75) is 13.7 Å². The molecule has 15 aromatic rings. The lowest BCUT2D eigenvalue weighted by Crippen LogP contribution is -1.94. The zero-order valence-electron chi connectivity index (χ0n) is 38.0. The van der Waals surface area contributed by atoms with Crippen molar-refractivity contribution < 1.29 is 8.22 Å². The predicted octanol–water partition coefficient (Wildman–Crippen LogP) is 14.8. The molecular weight excluding hydrogens is 729 g/mol. The van der Waals surface area contributed by atoms with Gasteiger partial charge in [0, 0.05) is 84.2 Å². The van der Waals surface area contributed by atoms with Crippen molar-refractivity contribution in [2.24, 2.45) is 0 Å². The van der Waals surface area contributed by atoms with Crippen molar-refractivity contribution in [1.29, 1.82) is 0 Å². The number of benzene rings is 9. The number of para-hydroxylation sites is 6. The fourth-order valence-electron chi connectivity index (χ4n) is 11.5. The summed E-state index contributed by atoms with van der Waals surface area (Å²) in [6.45, 7) is -5.34.